The number of aliphatic hydroxyl groups is 1. The van der Waals surface area contributed by atoms with Crippen LogP contribution in [-0.4, -0.2) is 35.1 Å². The van der Waals surface area contributed by atoms with E-state index in [4.69, 9.17) is 5.73 Å². The van der Waals surface area contributed by atoms with Crippen molar-refractivity contribution in [1.29, 1.82) is 0 Å². The number of amides is 1. The Kier molecular flexibility index (Phi) is 5.18. The zero-order chi connectivity index (χ0) is 14.7. The van der Waals surface area contributed by atoms with Crippen LogP contribution in [0.4, 0.5) is 0 Å². The number of halogens is 1. The van der Waals surface area contributed by atoms with Crippen molar-refractivity contribution in [2.75, 3.05) is 13.1 Å². The summed E-state index contributed by atoms with van der Waals surface area (Å²) >= 11 is 3.43. The van der Waals surface area contributed by atoms with Crippen LogP contribution in [0.25, 0.3) is 0 Å². The second-order valence-corrected chi connectivity index (χ2v) is 6.39. The molecule has 5 heteroatoms. The zero-order valence-electron chi connectivity index (χ0n) is 11.6. The van der Waals surface area contributed by atoms with Gasteiger partial charge in [-0.15, -0.1) is 0 Å². The molecular formula is C15H21BrN2O2. The molecule has 0 spiro atoms. The number of nitrogens with two attached hydrogens (primary N) is 1. The molecule has 1 heterocycles. The van der Waals surface area contributed by atoms with Crippen LogP contribution >= 0.6 is 15.9 Å². The smallest absolute Gasteiger partial charge is 0.239 e. The van der Waals surface area contributed by atoms with Gasteiger partial charge in [0.15, 0.2) is 0 Å². The molecule has 110 valence electrons. The van der Waals surface area contributed by atoms with Crippen molar-refractivity contribution in [2.45, 2.75) is 31.9 Å². The SMILES string of the molecule is CC(O)C1CCN(C(C(N)=O)c2cccc(Br)c2)CC1. The average molecular weight is 341 g/mol. The topological polar surface area (TPSA) is 66.6 Å². The maximum Gasteiger partial charge on any atom is 0.239 e. The summed E-state index contributed by atoms with van der Waals surface area (Å²) in [7, 11) is 0. The van der Waals surface area contributed by atoms with E-state index in [2.05, 4.69) is 20.8 Å². The van der Waals surface area contributed by atoms with Gasteiger partial charge in [-0.3, -0.25) is 9.69 Å². The summed E-state index contributed by atoms with van der Waals surface area (Å²) in [5.74, 6) is 0.000818. The number of piperidine rings is 1. The Bertz CT molecular complexity index is 471. The number of aliphatic hydroxyl groups excluding tert-OH is 1. The third-order valence-electron chi connectivity index (χ3n) is 4.06. The molecule has 2 rings (SSSR count). The lowest BCUT2D eigenvalue weighted by Crippen LogP contribution is -2.44. The first-order valence-electron chi connectivity index (χ1n) is 6.96. The van der Waals surface area contributed by atoms with Crippen molar-refractivity contribution in [3.8, 4) is 0 Å². The van der Waals surface area contributed by atoms with Gasteiger partial charge in [-0.2, -0.15) is 0 Å². The quantitative estimate of drug-likeness (QED) is 0.881. The highest BCUT2D eigenvalue weighted by atomic mass is 79.9. The van der Waals surface area contributed by atoms with Crippen LogP contribution in [0.1, 0.15) is 31.4 Å². The lowest BCUT2D eigenvalue weighted by Gasteiger charge is -2.37. The summed E-state index contributed by atoms with van der Waals surface area (Å²) in [6.07, 6.45) is 1.51. The van der Waals surface area contributed by atoms with E-state index in [1.807, 2.05) is 31.2 Å². The molecule has 0 saturated carbocycles. The molecule has 2 atom stereocenters. The fourth-order valence-corrected chi connectivity index (χ4v) is 3.31. The van der Waals surface area contributed by atoms with Gasteiger partial charge >= 0.3 is 0 Å². The number of benzene rings is 1. The fraction of sp³-hybridized carbons (Fsp3) is 0.533. The van der Waals surface area contributed by atoms with Gasteiger partial charge in [0, 0.05) is 4.47 Å². The third-order valence-corrected chi connectivity index (χ3v) is 4.55. The largest absolute Gasteiger partial charge is 0.393 e. The molecule has 1 aliphatic rings. The summed E-state index contributed by atoms with van der Waals surface area (Å²) in [5.41, 5.74) is 6.52. The molecule has 20 heavy (non-hydrogen) atoms. The van der Waals surface area contributed by atoms with Gasteiger partial charge in [0.2, 0.25) is 5.91 Å². The van der Waals surface area contributed by atoms with Crippen LogP contribution in [0.2, 0.25) is 0 Å². The molecule has 1 amide bonds. The highest BCUT2D eigenvalue weighted by Gasteiger charge is 2.31. The van der Waals surface area contributed by atoms with Gasteiger partial charge in [-0.05, 0) is 56.5 Å². The average Bonchev–Trinajstić information content (AvgIpc) is 2.39. The van der Waals surface area contributed by atoms with Crippen molar-refractivity contribution in [3.63, 3.8) is 0 Å². The molecule has 1 fully saturated rings. The highest BCUT2D eigenvalue weighted by Crippen LogP contribution is 2.29. The predicted octanol–water partition coefficient (Wildman–Crippen LogP) is 2.07. The van der Waals surface area contributed by atoms with E-state index in [0.717, 1.165) is 36.0 Å². The molecule has 0 bridgehead atoms. The van der Waals surface area contributed by atoms with Crippen molar-refractivity contribution in [3.05, 3.63) is 34.3 Å². The fourth-order valence-electron chi connectivity index (χ4n) is 2.89. The molecule has 2 unspecified atom stereocenters. The van der Waals surface area contributed by atoms with Crippen molar-refractivity contribution >= 4 is 21.8 Å². The van der Waals surface area contributed by atoms with Crippen LogP contribution < -0.4 is 5.73 Å². The Morgan fingerprint density at radius 1 is 1.45 bits per heavy atom. The molecule has 1 saturated heterocycles. The van der Waals surface area contributed by atoms with Crippen LogP contribution in [0.5, 0.6) is 0 Å². The monoisotopic (exact) mass is 340 g/mol. The van der Waals surface area contributed by atoms with Crippen molar-refractivity contribution < 1.29 is 9.90 Å². The van der Waals surface area contributed by atoms with Crippen molar-refractivity contribution in [2.24, 2.45) is 11.7 Å². The molecule has 1 aliphatic heterocycles. The second kappa shape index (κ2) is 6.70. The van der Waals surface area contributed by atoms with Gasteiger partial charge in [0.05, 0.1) is 6.10 Å². The minimum Gasteiger partial charge on any atom is -0.393 e. The first-order valence-corrected chi connectivity index (χ1v) is 7.75. The Balaban J connectivity index is 2.13. The molecule has 0 radical (unpaired) electrons. The molecule has 1 aromatic rings. The Hall–Kier alpha value is -0.910. The Labute approximate surface area is 128 Å². The number of carbonyl (C=O) groups excluding carboxylic acids is 1. The van der Waals surface area contributed by atoms with Crippen LogP contribution in [0.3, 0.4) is 0 Å². The first-order chi connectivity index (χ1) is 9.49. The van der Waals surface area contributed by atoms with Crippen molar-refractivity contribution in [1.82, 2.24) is 4.90 Å². The van der Waals surface area contributed by atoms with Gasteiger partial charge in [0.1, 0.15) is 6.04 Å². The summed E-state index contributed by atoms with van der Waals surface area (Å²) in [6.45, 7) is 3.41. The van der Waals surface area contributed by atoms with E-state index >= 15 is 0 Å². The van der Waals surface area contributed by atoms with E-state index in [0.29, 0.717) is 5.92 Å². The second-order valence-electron chi connectivity index (χ2n) is 5.47. The van der Waals surface area contributed by atoms with Gasteiger partial charge < -0.3 is 10.8 Å². The minimum atomic E-state index is -0.387. The van der Waals surface area contributed by atoms with E-state index in [1.54, 1.807) is 0 Å². The number of primary amides is 1. The summed E-state index contributed by atoms with van der Waals surface area (Å²) < 4.78 is 0.945. The van der Waals surface area contributed by atoms with E-state index in [9.17, 15) is 9.90 Å². The number of nitrogens with zero attached hydrogens (tertiary/aromatic N) is 1. The number of likely N-dealkylation sites (tertiary alicyclic amines) is 1. The summed E-state index contributed by atoms with van der Waals surface area (Å²) in [6, 6.07) is 7.33. The Morgan fingerprint density at radius 2 is 2.10 bits per heavy atom. The van der Waals surface area contributed by atoms with Gasteiger partial charge in [-0.1, -0.05) is 28.1 Å². The lowest BCUT2D eigenvalue weighted by molar-refractivity contribution is -0.124. The zero-order valence-corrected chi connectivity index (χ0v) is 13.2. The van der Waals surface area contributed by atoms with E-state index < -0.39 is 0 Å². The lowest BCUT2D eigenvalue weighted by atomic mass is 9.90. The third kappa shape index (κ3) is 3.59. The van der Waals surface area contributed by atoms with E-state index in [-0.39, 0.29) is 18.1 Å². The standard InChI is InChI=1S/C15H21BrN2O2/c1-10(19)11-5-7-18(8-6-11)14(15(17)20)12-3-2-4-13(16)9-12/h2-4,9-11,14,19H,5-8H2,1H3,(H2,17,20). The number of carbonyl (C=O) groups is 1. The van der Waals surface area contributed by atoms with E-state index in [1.165, 1.54) is 0 Å². The molecule has 0 aromatic heterocycles. The number of rotatable bonds is 4. The molecular weight excluding hydrogens is 320 g/mol. The van der Waals surface area contributed by atoms with Gasteiger partial charge in [0.25, 0.3) is 0 Å². The maximum absolute atomic E-state index is 11.8. The normalized spacial score (nSPS) is 20.6. The number of hydrogen-bond acceptors (Lipinski definition) is 3. The molecule has 0 aliphatic carbocycles. The predicted molar refractivity (Wildman–Crippen MR) is 82.1 cm³/mol. The first kappa shape index (κ1) is 15.5. The molecule has 3 N–H and O–H groups in total. The molecule has 1 aromatic carbocycles. The summed E-state index contributed by atoms with van der Waals surface area (Å²) in [4.78, 5) is 14.0. The molecule has 4 nitrogen and oxygen atoms in total. The highest BCUT2D eigenvalue weighted by molar-refractivity contribution is 9.10. The van der Waals surface area contributed by atoms with Gasteiger partial charge in [-0.25, -0.2) is 0 Å². The minimum absolute atomic E-state index is 0.282. The Morgan fingerprint density at radius 3 is 2.60 bits per heavy atom. The van der Waals surface area contributed by atoms with Crippen LogP contribution in [0.15, 0.2) is 28.7 Å². The number of hydrogen-bond donors (Lipinski definition) is 2. The van der Waals surface area contributed by atoms with Crippen LogP contribution in [0, 0.1) is 5.92 Å². The van der Waals surface area contributed by atoms with Crippen LogP contribution in [-0.2, 0) is 4.79 Å². The summed E-state index contributed by atoms with van der Waals surface area (Å²) in [5, 5.41) is 9.65. The maximum atomic E-state index is 11.8.